The number of aryl methyl sites for hydroxylation is 2. The van der Waals surface area contributed by atoms with Crippen LogP contribution in [0.3, 0.4) is 0 Å². The molecule has 0 fully saturated rings. The Labute approximate surface area is 191 Å². The van der Waals surface area contributed by atoms with Crippen molar-refractivity contribution in [2.24, 2.45) is 0 Å². The van der Waals surface area contributed by atoms with Crippen LogP contribution in [-0.2, 0) is 9.53 Å². The van der Waals surface area contributed by atoms with E-state index in [1.807, 2.05) is 39.8 Å². The second-order valence-electron chi connectivity index (χ2n) is 7.51. The van der Waals surface area contributed by atoms with Crippen LogP contribution in [0.4, 0.5) is 5.00 Å². The molecule has 0 spiro atoms. The minimum Gasteiger partial charge on any atom is -0.495 e. The third-order valence-electron chi connectivity index (χ3n) is 5.56. The molecule has 1 N–H and O–H groups in total. The number of benzene rings is 1. The van der Waals surface area contributed by atoms with E-state index < -0.39 is 12.0 Å². The van der Waals surface area contributed by atoms with Gasteiger partial charge in [0.15, 0.2) is 0 Å². The van der Waals surface area contributed by atoms with Crippen molar-refractivity contribution in [3.8, 4) is 5.75 Å². The molecule has 3 aromatic rings. The van der Waals surface area contributed by atoms with E-state index in [2.05, 4.69) is 5.32 Å². The molecule has 0 aliphatic carbocycles. The van der Waals surface area contributed by atoms with Gasteiger partial charge in [0.05, 0.1) is 24.8 Å². The van der Waals surface area contributed by atoms with Crippen molar-refractivity contribution in [3.05, 3.63) is 56.2 Å². The van der Waals surface area contributed by atoms with E-state index in [-0.39, 0.29) is 18.1 Å². The number of carbonyl (C=O) groups is 2. The molecule has 0 aliphatic rings. The number of thiophene rings is 1. The summed E-state index contributed by atoms with van der Waals surface area (Å²) in [6.07, 6.45) is 0.375. The molecule has 1 unspecified atom stereocenters. The molecular weight excluding hydrogens is 428 g/mol. The highest BCUT2D eigenvalue weighted by molar-refractivity contribution is 7.16. The average molecular weight is 457 g/mol. The van der Waals surface area contributed by atoms with E-state index in [1.165, 1.54) is 29.1 Å². The molecule has 0 saturated heterocycles. The summed E-state index contributed by atoms with van der Waals surface area (Å²) in [6.45, 7) is 9.39. The molecule has 32 heavy (non-hydrogen) atoms. The quantitative estimate of drug-likeness (QED) is 0.518. The summed E-state index contributed by atoms with van der Waals surface area (Å²) >= 11 is 1.32. The first kappa shape index (κ1) is 23.5. The van der Waals surface area contributed by atoms with Gasteiger partial charge in [-0.2, -0.15) is 0 Å². The highest BCUT2D eigenvalue weighted by Crippen LogP contribution is 2.35. The van der Waals surface area contributed by atoms with E-state index in [9.17, 15) is 14.4 Å². The molecule has 0 bridgehead atoms. The lowest BCUT2D eigenvalue weighted by Gasteiger charge is -2.22. The lowest BCUT2D eigenvalue weighted by atomic mass is 10.1. The fourth-order valence-electron chi connectivity index (χ4n) is 3.85. The van der Waals surface area contributed by atoms with Crippen LogP contribution in [0.15, 0.2) is 29.1 Å². The van der Waals surface area contributed by atoms with Crippen molar-refractivity contribution in [1.29, 1.82) is 0 Å². The Hall–Kier alpha value is -3.13. The van der Waals surface area contributed by atoms with Gasteiger partial charge in [-0.3, -0.25) is 14.2 Å². The number of carbonyl (C=O) groups excluding carboxylic acids is 2. The Bertz CT molecular complexity index is 1240. The summed E-state index contributed by atoms with van der Waals surface area (Å²) in [4.78, 5) is 39.9. The molecule has 1 atom stereocenters. The maximum Gasteiger partial charge on any atom is 0.341 e. The Morgan fingerprint density at radius 3 is 2.53 bits per heavy atom. The number of methoxy groups -OCH3 is 1. The minimum absolute atomic E-state index is 0.239. The van der Waals surface area contributed by atoms with E-state index in [1.54, 1.807) is 13.0 Å². The van der Waals surface area contributed by atoms with Crippen LogP contribution in [0, 0.1) is 20.8 Å². The van der Waals surface area contributed by atoms with E-state index in [0.717, 1.165) is 21.4 Å². The topological polar surface area (TPSA) is 86.6 Å². The minimum atomic E-state index is -0.792. The molecule has 1 amide bonds. The third-order valence-corrected chi connectivity index (χ3v) is 6.69. The monoisotopic (exact) mass is 456 g/mol. The first-order valence-electron chi connectivity index (χ1n) is 10.5. The molecule has 0 saturated carbocycles. The van der Waals surface area contributed by atoms with E-state index in [4.69, 9.17) is 9.47 Å². The van der Waals surface area contributed by atoms with Crippen molar-refractivity contribution >= 4 is 39.1 Å². The van der Waals surface area contributed by atoms with Crippen LogP contribution in [0.5, 0.6) is 5.75 Å². The Morgan fingerprint density at radius 2 is 1.91 bits per heavy atom. The number of ether oxygens (including phenoxy) is 2. The van der Waals surface area contributed by atoms with Crippen LogP contribution in [0.25, 0.3) is 10.9 Å². The standard InChI is InChI=1S/C24H28N2O5S/c1-7-17(22(28)25-23-20(24(29)31-8-2)14(4)15(5)32-23)26-19(27)12-13(3)16-10-9-11-18(30-6)21(16)26/h9-12,17H,7-8H2,1-6H3,(H,25,28). The molecule has 0 radical (unpaired) electrons. The van der Waals surface area contributed by atoms with Crippen molar-refractivity contribution in [2.75, 3.05) is 19.0 Å². The van der Waals surface area contributed by atoms with Crippen LogP contribution in [0.2, 0.25) is 0 Å². The number of hydrogen-bond donors (Lipinski definition) is 1. The van der Waals surface area contributed by atoms with E-state index in [0.29, 0.717) is 28.3 Å². The molecule has 1 aromatic carbocycles. The fraction of sp³-hybridized carbons (Fsp3) is 0.375. The zero-order chi connectivity index (χ0) is 23.6. The summed E-state index contributed by atoms with van der Waals surface area (Å²) in [5.41, 5.74) is 2.23. The number of nitrogens with zero attached hydrogens (tertiary/aromatic N) is 1. The van der Waals surface area contributed by atoms with Crippen LogP contribution >= 0.6 is 11.3 Å². The van der Waals surface area contributed by atoms with Gasteiger partial charge < -0.3 is 14.8 Å². The second kappa shape index (κ2) is 9.56. The SMILES string of the molecule is CCOC(=O)c1c(NC(=O)C(CC)n2c(=O)cc(C)c3cccc(OC)c32)sc(C)c1C. The summed E-state index contributed by atoms with van der Waals surface area (Å²) in [5.74, 6) is -0.334. The van der Waals surface area contributed by atoms with Gasteiger partial charge in [0.2, 0.25) is 5.91 Å². The molecule has 3 rings (SSSR count). The number of anilines is 1. The molecule has 7 nitrogen and oxygen atoms in total. The van der Waals surface area contributed by atoms with Gasteiger partial charge in [-0.1, -0.05) is 19.1 Å². The first-order chi connectivity index (χ1) is 15.2. The highest BCUT2D eigenvalue weighted by atomic mass is 32.1. The number of aromatic nitrogens is 1. The van der Waals surface area contributed by atoms with E-state index >= 15 is 0 Å². The van der Waals surface area contributed by atoms with Gasteiger partial charge in [0.1, 0.15) is 16.8 Å². The maximum absolute atomic E-state index is 13.4. The molecule has 170 valence electrons. The van der Waals surface area contributed by atoms with Crippen molar-refractivity contribution in [3.63, 3.8) is 0 Å². The predicted octanol–water partition coefficient (Wildman–Crippen LogP) is 4.76. The van der Waals surface area contributed by atoms with Crippen LogP contribution in [-0.4, -0.2) is 30.2 Å². The molecule has 0 aliphatic heterocycles. The predicted molar refractivity (Wildman–Crippen MR) is 127 cm³/mol. The third kappa shape index (κ3) is 4.14. The Kier molecular flexibility index (Phi) is 7.03. The largest absolute Gasteiger partial charge is 0.495 e. The van der Waals surface area contributed by atoms with Crippen molar-refractivity contribution in [2.45, 2.75) is 47.1 Å². The van der Waals surface area contributed by atoms with Gasteiger partial charge in [0, 0.05) is 16.3 Å². The fourth-order valence-corrected chi connectivity index (χ4v) is 4.90. The number of esters is 1. The molecule has 8 heteroatoms. The number of amides is 1. The van der Waals surface area contributed by atoms with Gasteiger partial charge in [-0.05, 0) is 51.3 Å². The van der Waals surface area contributed by atoms with Gasteiger partial charge >= 0.3 is 5.97 Å². The van der Waals surface area contributed by atoms with Crippen LogP contribution in [0.1, 0.15) is 52.7 Å². The number of pyridine rings is 1. The highest BCUT2D eigenvalue weighted by Gasteiger charge is 2.27. The summed E-state index contributed by atoms with van der Waals surface area (Å²) in [6, 6.07) is 6.26. The summed E-state index contributed by atoms with van der Waals surface area (Å²) in [7, 11) is 1.54. The number of fused-ring (bicyclic) bond motifs is 1. The Balaban J connectivity index is 2.11. The van der Waals surface area contributed by atoms with Crippen molar-refractivity contribution < 1.29 is 19.1 Å². The maximum atomic E-state index is 13.4. The van der Waals surface area contributed by atoms with Gasteiger partial charge in [0.25, 0.3) is 5.56 Å². The summed E-state index contributed by atoms with van der Waals surface area (Å²) < 4.78 is 12.2. The molecule has 2 aromatic heterocycles. The lowest BCUT2D eigenvalue weighted by molar-refractivity contribution is -0.119. The number of nitrogens with one attached hydrogen (secondary N) is 1. The average Bonchev–Trinajstić information content (AvgIpc) is 3.03. The smallest absolute Gasteiger partial charge is 0.341 e. The van der Waals surface area contributed by atoms with Crippen LogP contribution < -0.4 is 15.6 Å². The zero-order valence-electron chi connectivity index (χ0n) is 19.2. The van der Waals surface area contributed by atoms with Gasteiger partial charge in [-0.15, -0.1) is 11.3 Å². The normalized spacial score (nSPS) is 11.9. The van der Waals surface area contributed by atoms with Crippen molar-refractivity contribution in [1.82, 2.24) is 4.57 Å². The second-order valence-corrected chi connectivity index (χ2v) is 8.74. The summed E-state index contributed by atoms with van der Waals surface area (Å²) in [5, 5.41) is 4.15. The number of para-hydroxylation sites is 1. The zero-order valence-corrected chi connectivity index (χ0v) is 20.0. The first-order valence-corrected chi connectivity index (χ1v) is 11.3. The van der Waals surface area contributed by atoms with Gasteiger partial charge in [-0.25, -0.2) is 4.79 Å². The number of hydrogen-bond acceptors (Lipinski definition) is 6. The lowest BCUT2D eigenvalue weighted by Crippen LogP contribution is -2.33. The molecular formula is C24H28N2O5S. The number of rotatable bonds is 7. The molecule has 2 heterocycles. The Morgan fingerprint density at radius 1 is 1.19 bits per heavy atom.